The molecule has 1 atom stereocenters. The molecule has 0 heterocycles. The lowest BCUT2D eigenvalue weighted by molar-refractivity contribution is -0.133. The number of hydrogen-bond donors (Lipinski definition) is 2. The molecule has 0 saturated heterocycles. The highest BCUT2D eigenvalue weighted by atomic mass is 16.6. The van der Waals surface area contributed by atoms with Crippen LogP contribution < -0.4 is 10.6 Å². The molecule has 0 fully saturated rings. The normalized spacial score (nSPS) is 13.2. The lowest BCUT2D eigenvalue weighted by Gasteiger charge is -2.20. The van der Waals surface area contributed by atoms with Crippen molar-refractivity contribution < 1.29 is 19.1 Å². The molecule has 212 valence electrons. The van der Waals surface area contributed by atoms with E-state index in [1.165, 1.54) is 12.8 Å². The fourth-order valence-corrected chi connectivity index (χ4v) is 3.33. The van der Waals surface area contributed by atoms with Crippen LogP contribution in [0.1, 0.15) is 105 Å². The summed E-state index contributed by atoms with van der Waals surface area (Å²) < 4.78 is 10.9. The first-order valence-corrected chi connectivity index (χ1v) is 14.3. The van der Waals surface area contributed by atoms with Gasteiger partial charge in [0.15, 0.2) is 0 Å². The van der Waals surface area contributed by atoms with Crippen LogP contribution in [0.4, 0.5) is 4.79 Å². The predicted octanol–water partition coefficient (Wildman–Crippen LogP) is 7.57. The SMILES string of the molecule is CC/C=C\C/C=C\C/C=C\CCCC/C=C\CCCCOC(CC)C(=O)NCCNC(=O)OC(C)(C)C. The monoisotopic (exact) mass is 518 g/mol. The van der Waals surface area contributed by atoms with Gasteiger partial charge in [-0.3, -0.25) is 4.79 Å². The Hall–Kier alpha value is -2.34. The van der Waals surface area contributed by atoms with Crippen LogP contribution in [0.15, 0.2) is 48.6 Å². The van der Waals surface area contributed by atoms with Crippen LogP contribution in [0.3, 0.4) is 0 Å². The predicted molar refractivity (Wildman–Crippen MR) is 156 cm³/mol. The molecule has 6 nitrogen and oxygen atoms in total. The molecule has 0 radical (unpaired) electrons. The number of rotatable bonds is 21. The van der Waals surface area contributed by atoms with E-state index in [1.54, 1.807) is 0 Å². The van der Waals surface area contributed by atoms with Gasteiger partial charge < -0.3 is 20.1 Å². The number of alkyl carbamates (subject to hydrolysis) is 1. The molecule has 0 rings (SSSR count). The Morgan fingerprint density at radius 1 is 0.730 bits per heavy atom. The largest absolute Gasteiger partial charge is 0.444 e. The van der Waals surface area contributed by atoms with Crippen LogP contribution in [0.25, 0.3) is 0 Å². The molecular formula is C31H54N2O4. The lowest BCUT2D eigenvalue weighted by Crippen LogP contribution is -2.41. The summed E-state index contributed by atoms with van der Waals surface area (Å²) in [5.41, 5.74) is -0.536. The van der Waals surface area contributed by atoms with Gasteiger partial charge in [0.2, 0.25) is 5.91 Å². The number of amides is 2. The van der Waals surface area contributed by atoms with E-state index in [9.17, 15) is 9.59 Å². The molecule has 6 heteroatoms. The summed E-state index contributed by atoms with van der Waals surface area (Å²) in [5.74, 6) is -0.139. The Morgan fingerprint density at radius 2 is 1.24 bits per heavy atom. The van der Waals surface area contributed by atoms with E-state index in [4.69, 9.17) is 9.47 Å². The molecule has 37 heavy (non-hydrogen) atoms. The van der Waals surface area contributed by atoms with Crippen LogP contribution in [0.2, 0.25) is 0 Å². The zero-order valence-electron chi connectivity index (χ0n) is 24.2. The van der Waals surface area contributed by atoms with Crippen molar-refractivity contribution in [3.05, 3.63) is 48.6 Å². The zero-order valence-corrected chi connectivity index (χ0v) is 24.2. The van der Waals surface area contributed by atoms with Crippen molar-refractivity contribution in [3.63, 3.8) is 0 Å². The summed E-state index contributed by atoms with van der Waals surface area (Å²) in [5, 5.41) is 5.44. The summed E-state index contributed by atoms with van der Waals surface area (Å²) in [6.45, 7) is 10.8. The topological polar surface area (TPSA) is 76.7 Å². The van der Waals surface area contributed by atoms with E-state index >= 15 is 0 Å². The Bertz CT molecular complexity index is 690. The molecule has 0 aliphatic heterocycles. The van der Waals surface area contributed by atoms with E-state index in [1.807, 2.05) is 27.7 Å². The fourth-order valence-electron chi connectivity index (χ4n) is 3.33. The van der Waals surface area contributed by atoms with Gasteiger partial charge in [0, 0.05) is 19.7 Å². The Labute approximate surface area is 227 Å². The van der Waals surface area contributed by atoms with E-state index in [2.05, 4.69) is 66.2 Å². The van der Waals surface area contributed by atoms with Crippen LogP contribution >= 0.6 is 0 Å². The van der Waals surface area contributed by atoms with Gasteiger partial charge in [0.05, 0.1) is 0 Å². The van der Waals surface area contributed by atoms with Gasteiger partial charge >= 0.3 is 6.09 Å². The molecule has 0 spiro atoms. The molecule has 0 aliphatic carbocycles. The second-order valence-corrected chi connectivity index (χ2v) is 10.0. The van der Waals surface area contributed by atoms with Gasteiger partial charge in [0.1, 0.15) is 11.7 Å². The van der Waals surface area contributed by atoms with Crippen molar-refractivity contribution in [1.29, 1.82) is 0 Å². The maximum absolute atomic E-state index is 12.3. The van der Waals surface area contributed by atoms with Gasteiger partial charge in [-0.25, -0.2) is 4.79 Å². The van der Waals surface area contributed by atoms with Gasteiger partial charge in [-0.15, -0.1) is 0 Å². The van der Waals surface area contributed by atoms with Crippen LogP contribution in [-0.2, 0) is 14.3 Å². The second-order valence-electron chi connectivity index (χ2n) is 10.0. The molecule has 0 aromatic rings. The average Bonchev–Trinajstić information content (AvgIpc) is 2.84. The van der Waals surface area contributed by atoms with Crippen LogP contribution in [-0.4, -0.2) is 43.4 Å². The van der Waals surface area contributed by atoms with Crippen molar-refractivity contribution in [2.24, 2.45) is 0 Å². The Morgan fingerprint density at radius 3 is 1.81 bits per heavy atom. The highest BCUT2D eigenvalue weighted by molar-refractivity contribution is 5.80. The first-order valence-electron chi connectivity index (χ1n) is 14.3. The number of carbonyl (C=O) groups excluding carboxylic acids is 2. The molecule has 2 N–H and O–H groups in total. The smallest absolute Gasteiger partial charge is 0.407 e. The molecular weight excluding hydrogens is 464 g/mol. The van der Waals surface area contributed by atoms with Crippen LogP contribution in [0, 0.1) is 0 Å². The van der Waals surface area contributed by atoms with Gasteiger partial charge in [0.25, 0.3) is 0 Å². The summed E-state index contributed by atoms with van der Waals surface area (Å²) in [6.07, 6.45) is 28.6. The first kappa shape index (κ1) is 34.7. The number of allylic oxidation sites excluding steroid dienone is 8. The van der Waals surface area contributed by atoms with Crippen molar-refractivity contribution in [2.75, 3.05) is 19.7 Å². The van der Waals surface area contributed by atoms with Crippen molar-refractivity contribution >= 4 is 12.0 Å². The minimum absolute atomic E-state index is 0.139. The van der Waals surface area contributed by atoms with Gasteiger partial charge in [-0.05, 0) is 91.4 Å². The molecule has 0 saturated carbocycles. The van der Waals surface area contributed by atoms with E-state index in [-0.39, 0.29) is 5.91 Å². The highest BCUT2D eigenvalue weighted by Gasteiger charge is 2.17. The standard InChI is InChI=1S/C31H54N2O4/c1-6-8-9-10-11-12-13-14-15-16-17-18-19-20-21-22-23-24-27-36-28(7-2)29(34)32-25-26-33-30(35)37-31(3,4)5/h8-9,11-12,14-15,20-21,28H,6-7,10,13,16-19,22-27H2,1-5H3,(H,32,34)(H,33,35)/b9-8-,12-11-,15-14-,21-20-. The fraction of sp³-hybridized carbons (Fsp3) is 0.677. The molecule has 2 amide bonds. The third-order valence-electron chi connectivity index (χ3n) is 5.28. The van der Waals surface area contributed by atoms with E-state index in [0.717, 1.165) is 51.4 Å². The number of carbonyl (C=O) groups is 2. The van der Waals surface area contributed by atoms with E-state index in [0.29, 0.717) is 26.1 Å². The summed E-state index contributed by atoms with van der Waals surface area (Å²) in [6, 6.07) is 0. The third-order valence-corrected chi connectivity index (χ3v) is 5.28. The summed E-state index contributed by atoms with van der Waals surface area (Å²) in [4.78, 5) is 23.9. The number of unbranched alkanes of at least 4 members (excludes halogenated alkanes) is 5. The zero-order chi connectivity index (χ0) is 27.6. The van der Waals surface area contributed by atoms with Gasteiger partial charge in [-0.1, -0.05) is 62.5 Å². The second kappa shape index (κ2) is 24.0. The van der Waals surface area contributed by atoms with Crippen molar-refractivity contribution in [2.45, 2.75) is 117 Å². The Kier molecular flexibility index (Phi) is 22.5. The molecule has 0 aliphatic rings. The number of ether oxygens (including phenoxy) is 2. The van der Waals surface area contributed by atoms with Crippen molar-refractivity contribution in [1.82, 2.24) is 10.6 Å². The number of nitrogens with one attached hydrogen (secondary N) is 2. The summed E-state index contributed by atoms with van der Waals surface area (Å²) in [7, 11) is 0. The first-order chi connectivity index (χ1) is 17.8. The van der Waals surface area contributed by atoms with Gasteiger partial charge in [-0.2, -0.15) is 0 Å². The molecule has 0 aromatic heterocycles. The maximum Gasteiger partial charge on any atom is 0.407 e. The molecule has 1 unspecified atom stereocenters. The van der Waals surface area contributed by atoms with Crippen molar-refractivity contribution in [3.8, 4) is 0 Å². The number of hydrogen-bond acceptors (Lipinski definition) is 4. The minimum Gasteiger partial charge on any atom is -0.444 e. The minimum atomic E-state index is -0.536. The third kappa shape index (κ3) is 25.1. The lowest BCUT2D eigenvalue weighted by atomic mass is 10.1. The van der Waals surface area contributed by atoms with E-state index < -0.39 is 17.8 Å². The maximum atomic E-state index is 12.3. The summed E-state index contributed by atoms with van der Waals surface area (Å²) >= 11 is 0. The van der Waals surface area contributed by atoms with Crippen LogP contribution in [0.5, 0.6) is 0 Å². The Balaban J connectivity index is 3.68. The molecule has 0 bridgehead atoms. The molecule has 0 aromatic carbocycles. The highest BCUT2D eigenvalue weighted by Crippen LogP contribution is 2.07. The quantitative estimate of drug-likeness (QED) is 0.121. The average molecular weight is 519 g/mol.